The maximum Gasteiger partial charge on any atom is 0.227 e. The first-order valence-electron chi connectivity index (χ1n) is 4.40. The molecule has 0 N–H and O–H groups in total. The van der Waals surface area contributed by atoms with E-state index in [0.717, 1.165) is 13.0 Å². The van der Waals surface area contributed by atoms with Gasteiger partial charge in [0.1, 0.15) is 0 Å². The molecule has 12 heavy (non-hydrogen) atoms. The van der Waals surface area contributed by atoms with Gasteiger partial charge in [-0.15, -0.1) is 0 Å². The van der Waals surface area contributed by atoms with Crippen molar-refractivity contribution in [2.24, 2.45) is 0 Å². The van der Waals surface area contributed by atoms with Gasteiger partial charge in [0.25, 0.3) is 0 Å². The lowest BCUT2D eigenvalue weighted by atomic mass is 9.95. The highest BCUT2D eigenvalue weighted by Gasteiger charge is 2.27. The molecule has 64 valence electrons. The maximum atomic E-state index is 11.4. The molecular weight excluding hydrogens is 150 g/mol. The number of carbonyl (C=O) groups excluding carboxylic acids is 1. The van der Waals surface area contributed by atoms with Crippen LogP contribution in [0.2, 0.25) is 0 Å². The number of amides is 1. The average molecular weight is 163 g/mol. The van der Waals surface area contributed by atoms with Gasteiger partial charge in [0.05, 0.1) is 6.04 Å². The summed E-state index contributed by atoms with van der Waals surface area (Å²) in [6.45, 7) is 2.91. The number of fused-ring (bicyclic) bond motifs is 1. The molecule has 0 bridgehead atoms. The standard InChI is InChI=1S/C10H13NO/c1-8-5-6-10(12)11-7-3-2-4-9(8)11/h2-3,5,9H,4,6-7H2,1H3/t9-/m0/s1. The Bertz CT molecular complexity index is 265. The fourth-order valence-electron chi connectivity index (χ4n) is 1.88. The Balaban J connectivity index is 2.29. The summed E-state index contributed by atoms with van der Waals surface area (Å²) in [4.78, 5) is 13.4. The van der Waals surface area contributed by atoms with Crippen LogP contribution in [0.25, 0.3) is 0 Å². The van der Waals surface area contributed by atoms with Crippen molar-refractivity contribution in [3.8, 4) is 0 Å². The summed E-state index contributed by atoms with van der Waals surface area (Å²) in [5.41, 5.74) is 1.35. The molecule has 2 heterocycles. The molecule has 2 nitrogen and oxygen atoms in total. The summed E-state index contributed by atoms with van der Waals surface area (Å²) in [6.07, 6.45) is 7.89. The molecule has 0 saturated heterocycles. The molecule has 0 unspecified atom stereocenters. The van der Waals surface area contributed by atoms with Crippen molar-refractivity contribution in [1.29, 1.82) is 0 Å². The van der Waals surface area contributed by atoms with Crippen LogP contribution in [0.15, 0.2) is 23.8 Å². The van der Waals surface area contributed by atoms with Crippen LogP contribution in [0.4, 0.5) is 0 Å². The Morgan fingerprint density at radius 2 is 2.33 bits per heavy atom. The van der Waals surface area contributed by atoms with Crippen molar-refractivity contribution in [2.75, 3.05) is 6.54 Å². The van der Waals surface area contributed by atoms with E-state index in [4.69, 9.17) is 0 Å². The molecule has 0 aromatic carbocycles. The summed E-state index contributed by atoms with van der Waals surface area (Å²) in [7, 11) is 0. The molecule has 0 radical (unpaired) electrons. The van der Waals surface area contributed by atoms with Crippen LogP contribution in [0.5, 0.6) is 0 Å². The number of rotatable bonds is 0. The second kappa shape index (κ2) is 2.77. The largest absolute Gasteiger partial charge is 0.332 e. The third kappa shape index (κ3) is 1.07. The number of carbonyl (C=O) groups is 1. The van der Waals surface area contributed by atoms with Crippen molar-refractivity contribution in [3.63, 3.8) is 0 Å². The van der Waals surface area contributed by atoms with Gasteiger partial charge in [0, 0.05) is 13.0 Å². The smallest absolute Gasteiger partial charge is 0.227 e. The van der Waals surface area contributed by atoms with Crippen molar-refractivity contribution in [3.05, 3.63) is 23.8 Å². The monoisotopic (exact) mass is 163 g/mol. The third-order valence-corrected chi connectivity index (χ3v) is 2.65. The quantitative estimate of drug-likeness (QED) is 0.495. The predicted molar refractivity (Wildman–Crippen MR) is 47.6 cm³/mol. The van der Waals surface area contributed by atoms with E-state index in [0.29, 0.717) is 12.5 Å². The minimum atomic E-state index is 0.273. The summed E-state index contributed by atoms with van der Waals surface area (Å²) in [6, 6.07) is 0.358. The van der Waals surface area contributed by atoms with Crippen LogP contribution in [0, 0.1) is 0 Å². The van der Waals surface area contributed by atoms with Crippen molar-refractivity contribution in [1.82, 2.24) is 4.90 Å². The van der Waals surface area contributed by atoms with Crippen molar-refractivity contribution < 1.29 is 4.79 Å². The van der Waals surface area contributed by atoms with Gasteiger partial charge < -0.3 is 4.90 Å². The van der Waals surface area contributed by atoms with Crippen LogP contribution in [0.3, 0.4) is 0 Å². The SMILES string of the molecule is CC1=CCC(=O)N2CC=CC[C@@H]12. The van der Waals surface area contributed by atoms with Gasteiger partial charge in [-0.05, 0) is 13.3 Å². The van der Waals surface area contributed by atoms with Crippen LogP contribution < -0.4 is 0 Å². The Hall–Kier alpha value is -1.05. The zero-order chi connectivity index (χ0) is 8.55. The zero-order valence-electron chi connectivity index (χ0n) is 7.29. The molecule has 2 aliphatic rings. The highest BCUT2D eigenvalue weighted by molar-refractivity contribution is 5.80. The highest BCUT2D eigenvalue weighted by Crippen LogP contribution is 2.23. The van der Waals surface area contributed by atoms with Gasteiger partial charge in [-0.2, -0.15) is 0 Å². The van der Waals surface area contributed by atoms with Crippen LogP contribution in [-0.2, 0) is 4.79 Å². The molecule has 0 spiro atoms. The molecule has 1 amide bonds. The summed E-state index contributed by atoms with van der Waals surface area (Å²) >= 11 is 0. The number of hydrogen-bond donors (Lipinski definition) is 0. The lowest BCUT2D eigenvalue weighted by molar-refractivity contribution is -0.132. The third-order valence-electron chi connectivity index (χ3n) is 2.65. The van der Waals surface area contributed by atoms with Gasteiger partial charge in [-0.1, -0.05) is 23.8 Å². The summed E-state index contributed by atoms with van der Waals surface area (Å²) in [5.74, 6) is 0.273. The van der Waals surface area contributed by atoms with E-state index in [1.165, 1.54) is 5.57 Å². The Morgan fingerprint density at radius 1 is 1.50 bits per heavy atom. The molecule has 0 saturated carbocycles. The summed E-state index contributed by atoms with van der Waals surface area (Å²) in [5, 5.41) is 0. The minimum absolute atomic E-state index is 0.273. The Labute approximate surface area is 72.6 Å². The van der Waals surface area contributed by atoms with Gasteiger partial charge in [-0.3, -0.25) is 4.79 Å². The molecule has 0 fully saturated rings. The first-order chi connectivity index (χ1) is 5.79. The second-order valence-corrected chi connectivity index (χ2v) is 3.42. The fourth-order valence-corrected chi connectivity index (χ4v) is 1.88. The highest BCUT2D eigenvalue weighted by atomic mass is 16.2. The Kier molecular flexibility index (Phi) is 1.75. The van der Waals surface area contributed by atoms with Crippen molar-refractivity contribution in [2.45, 2.75) is 25.8 Å². The van der Waals surface area contributed by atoms with E-state index in [9.17, 15) is 4.79 Å². The van der Waals surface area contributed by atoms with E-state index < -0.39 is 0 Å². The minimum Gasteiger partial charge on any atom is -0.332 e. The normalized spacial score (nSPS) is 28.4. The molecule has 2 heteroatoms. The number of nitrogens with zero attached hydrogens (tertiary/aromatic N) is 1. The first-order valence-corrected chi connectivity index (χ1v) is 4.40. The van der Waals surface area contributed by atoms with Gasteiger partial charge >= 0.3 is 0 Å². The number of hydrogen-bond acceptors (Lipinski definition) is 1. The second-order valence-electron chi connectivity index (χ2n) is 3.42. The fraction of sp³-hybridized carbons (Fsp3) is 0.500. The lowest BCUT2D eigenvalue weighted by Crippen LogP contribution is -2.44. The zero-order valence-corrected chi connectivity index (χ0v) is 7.29. The molecular formula is C10H13NO. The first kappa shape index (κ1) is 7.59. The molecule has 2 rings (SSSR count). The van der Waals surface area contributed by atoms with E-state index >= 15 is 0 Å². The molecule has 0 aromatic heterocycles. The van der Waals surface area contributed by atoms with E-state index in [1.54, 1.807) is 0 Å². The van der Waals surface area contributed by atoms with Crippen LogP contribution >= 0.6 is 0 Å². The average Bonchev–Trinajstić information content (AvgIpc) is 2.12. The topological polar surface area (TPSA) is 20.3 Å². The molecule has 2 aliphatic heterocycles. The van der Waals surface area contributed by atoms with Gasteiger partial charge in [-0.25, -0.2) is 0 Å². The van der Waals surface area contributed by atoms with Gasteiger partial charge in [0.2, 0.25) is 5.91 Å². The molecule has 1 atom stereocenters. The van der Waals surface area contributed by atoms with Crippen molar-refractivity contribution >= 4 is 5.91 Å². The van der Waals surface area contributed by atoms with Crippen LogP contribution in [-0.4, -0.2) is 23.4 Å². The van der Waals surface area contributed by atoms with E-state index in [-0.39, 0.29) is 5.91 Å². The molecule has 0 aliphatic carbocycles. The Morgan fingerprint density at radius 3 is 3.08 bits per heavy atom. The van der Waals surface area contributed by atoms with E-state index in [2.05, 4.69) is 25.2 Å². The maximum absolute atomic E-state index is 11.4. The van der Waals surface area contributed by atoms with Gasteiger partial charge in [0.15, 0.2) is 0 Å². The summed E-state index contributed by atoms with van der Waals surface area (Å²) < 4.78 is 0. The van der Waals surface area contributed by atoms with E-state index in [1.807, 2.05) is 4.90 Å². The lowest BCUT2D eigenvalue weighted by Gasteiger charge is -2.36. The molecule has 0 aromatic rings. The van der Waals surface area contributed by atoms with Crippen LogP contribution in [0.1, 0.15) is 19.8 Å². The predicted octanol–water partition coefficient (Wildman–Crippen LogP) is 1.49.